The Balaban J connectivity index is 1.93. The lowest BCUT2D eigenvalue weighted by atomic mass is 10.1. The van der Waals surface area contributed by atoms with Gasteiger partial charge in [0.1, 0.15) is 0 Å². The number of H-pyrrole nitrogens is 1. The molecular formula is C8H13N3OS2. The van der Waals surface area contributed by atoms with Gasteiger partial charge in [0.2, 0.25) is 5.13 Å². The highest BCUT2D eigenvalue weighted by atomic mass is 32.1. The van der Waals surface area contributed by atoms with Crippen LogP contribution in [0.2, 0.25) is 0 Å². The summed E-state index contributed by atoms with van der Waals surface area (Å²) in [6.07, 6.45) is 2.41. The lowest BCUT2D eigenvalue weighted by molar-refractivity contribution is 0.0232. The zero-order valence-corrected chi connectivity index (χ0v) is 9.58. The zero-order valence-electron chi connectivity index (χ0n) is 7.95. The molecule has 14 heavy (non-hydrogen) atoms. The van der Waals surface area contributed by atoms with Crippen molar-refractivity contribution in [1.82, 2.24) is 10.2 Å². The van der Waals surface area contributed by atoms with E-state index in [0.717, 1.165) is 24.6 Å². The fourth-order valence-electron chi connectivity index (χ4n) is 1.60. The number of nitrogens with one attached hydrogen (secondary N) is 2. The molecule has 1 fully saturated rings. The highest BCUT2D eigenvalue weighted by Gasteiger charge is 2.19. The number of ether oxygens (including phenoxy) is 1. The summed E-state index contributed by atoms with van der Waals surface area (Å²) in [5.41, 5.74) is 0. The molecule has 2 heterocycles. The third-order valence-electron chi connectivity index (χ3n) is 2.25. The average Bonchev–Trinajstić information content (AvgIpc) is 2.51. The maximum absolute atomic E-state index is 5.47. The lowest BCUT2D eigenvalue weighted by Gasteiger charge is -2.27. The fourth-order valence-corrected chi connectivity index (χ4v) is 2.46. The van der Waals surface area contributed by atoms with E-state index in [4.69, 9.17) is 17.0 Å². The second-order valence-electron chi connectivity index (χ2n) is 3.47. The normalized spacial score (nSPS) is 27.5. The van der Waals surface area contributed by atoms with E-state index in [-0.39, 0.29) is 0 Å². The van der Waals surface area contributed by atoms with E-state index in [0.29, 0.717) is 16.1 Å². The van der Waals surface area contributed by atoms with Gasteiger partial charge in [-0.05, 0) is 32.0 Å². The van der Waals surface area contributed by atoms with Crippen LogP contribution in [0, 0.1) is 3.95 Å². The molecule has 2 N–H and O–H groups in total. The van der Waals surface area contributed by atoms with E-state index >= 15 is 0 Å². The van der Waals surface area contributed by atoms with Crippen molar-refractivity contribution in [3.05, 3.63) is 3.95 Å². The first-order valence-electron chi connectivity index (χ1n) is 4.67. The number of hydrogen-bond acceptors (Lipinski definition) is 5. The number of aromatic amines is 1. The molecule has 1 aliphatic rings. The molecule has 1 saturated heterocycles. The largest absolute Gasteiger partial charge is 0.378 e. The van der Waals surface area contributed by atoms with Crippen LogP contribution in [0.4, 0.5) is 5.13 Å². The standard InChI is InChI=1S/C8H13N3OS2/c1-5-4-6(2-3-12-5)9-7-10-11-8(13)14-7/h5-6H,2-4H2,1H3,(H,9,10)(H,11,13). The molecule has 6 heteroatoms. The monoisotopic (exact) mass is 231 g/mol. The molecule has 1 aromatic rings. The summed E-state index contributed by atoms with van der Waals surface area (Å²) in [5, 5.41) is 11.1. The highest BCUT2D eigenvalue weighted by molar-refractivity contribution is 7.73. The first-order valence-corrected chi connectivity index (χ1v) is 5.90. The number of nitrogens with zero attached hydrogens (tertiary/aromatic N) is 1. The van der Waals surface area contributed by atoms with Crippen molar-refractivity contribution in [2.24, 2.45) is 0 Å². The van der Waals surface area contributed by atoms with Crippen molar-refractivity contribution in [3.8, 4) is 0 Å². The molecule has 1 aromatic heterocycles. The topological polar surface area (TPSA) is 49.9 Å². The Morgan fingerprint density at radius 3 is 3.21 bits per heavy atom. The molecule has 0 bridgehead atoms. The first-order chi connectivity index (χ1) is 6.74. The molecule has 4 nitrogen and oxygen atoms in total. The molecule has 0 spiro atoms. The van der Waals surface area contributed by atoms with Crippen molar-refractivity contribution in [2.75, 3.05) is 11.9 Å². The molecule has 78 valence electrons. The van der Waals surface area contributed by atoms with Gasteiger partial charge in [0.25, 0.3) is 0 Å². The Morgan fingerprint density at radius 1 is 1.71 bits per heavy atom. The molecule has 0 amide bonds. The molecule has 0 aliphatic carbocycles. The average molecular weight is 231 g/mol. The maximum Gasteiger partial charge on any atom is 0.204 e. The molecule has 2 unspecified atom stereocenters. The van der Waals surface area contributed by atoms with Gasteiger partial charge in [-0.3, -0.25) is 5.10 Å². The van der Waals surface area contributed by atoms with Gasteiger partial charge in [-0.25, -0.2) is 0 Å². The number of aromatic nitrogens is 2. The minimum Gasteiger partial charge on any atom is -0.378 e. The number of anilines is 1. The summed E-state index contributed by atoms with van der Waals surface area (Å²) in [6, 6.07) is 0.465. The molecule has 2 atom stereocenters. The van der Waals surface area contributed by atoms with Gasteiger partial charge in [0.05, 0.1) is 6.10 Å². The summed E-state index contributed by atoms with van der Waals surface area (Å²) < 4.78 is 6.18. The van der Waals surface area contributed by atoms with Crippen molar-refractivity contribution >= 4 is 28.7 Å². The fraction of sp³-hybridized carbons (Fsp3) is 0.750. The van der Waals surface area contributed by atoms with E-state index in [2.05, 4.69) is 22.4 Å². The van der Waals surface area contributed by atoms with Crippen LogP contribution < -0.4 is 5.32 Å². The Bertz CT molecular complexity index is 348. The predicted molar refractivity (Wildman–Crippen MR) is 59.4 cm³/mol. The second-order valence-corrected chi connectivity index (χ2v) is 5.13. The second kappa shape index (κ2) is 4.37. The van der Waals surface area contributed by atoms with E-state index in [1.165, 1.54) is 11.3 Å². The molecule has 2 rings (SSSR count). The molecule has 1 aliphatic heterocycles. The van der Waals surface area contributed by atoms with Gasteiger partial charge >= 0.3 is 0 Å². The predicted octanol–water partition coefficient (Wildman–Crippen LogP) is 2.18. The summed E-state index contributed by atoms with van der Waals surface area (Å²) in [6.45, 7) is 2.93. The summed E-state index contributed by atoms with van der Waals surface area (Å²) in [5.74, 6) is 0. The van der Waals surface area contributed by atoms with E-state index < -0.39 is 0 Å². The van der Waals surface area contributed by atoms with Crippen LogP contribution in [0.3, 0.4) is 0 Å². The Morgan fingerprint density at radius 2 is 2.57 bits per heavy atom. The first kappa shape index (κ1) is 10.1. The van der Waals surface area contributed by atoms with Crippen LogP contribution in [-0.2, 0) is 4.74 Å². The van der Waals surface area contributed by atoms with E-state index in [1.54, 1.807) is 0 Å². The Labute approximate surface area is 91.7 Å². The molecule has 0 aromatic carbocycles. The quantitative estimate of drug-likeness (QED) is 0.766. The Hall–Kier alpha value is -0.460. The van der Waals surface area contributed by atoms with E-state index in [9.17, 15) is 0 Å². The SMILES string of the molecule is CC1CC(Nc2n[nH]c(=S)s2)CCO1. The third-order valence-corrected chi connectivity index (χ3v) is 3.27. The third kappa shape index (κ3) is 2.52. The smallest absolute Gasteiger partial charge is 0.204 e. The molecule has 0 saturated carbocycles. The highest BCUT2D eigenvalue weighted by Crippen LogP contribution is 2.19. The van der Waals surface area contributed by atoms with Crippen LogP contribution in [0.1, 0.15) is 19.8 Å². The van der Waals surface area contributed by atoms with Gasteiger partial charge < -0.3 is 10.1 Å². The van der Waals surface area contributed by atoms with Gasteiger partial charge in [-0.1, -0.05) is 11.3 Å². The van der Waals surface area contributed by atoms with Gasteiger partial charge in [-0.15, -0.1) is 5.10 Å². The minimum atomic E-state index is 0.341. The summed E-state index contributed by atoms with van der Waals surface area (Å²) in [4.78, 5) is 0. The maximum atomic E-state index is 5.47. The van der Waals surface area contributed by atoms with Crippen molar-refractivity contribution in [3.63, 3.8) is 0 Å². The zero-order chi connectivity index (χ0) is 9.97. The lowest BCUT2D eigenvalue weighted by Crippen LogP contribution is -2.32. The van der Waals surface area contributed by atoms with Gasteiger partial charge in [0, 0.05) is 12.6 Å². The van der Waals surface area contributed by atoms with Gasteiger partial charge in [-0.2, -0.15) is 0 Å². The van der Waals surface area contributed by atoms with Crippen LogP contribution in [0.15, 0.2) is 0 Å². The van der Waals surface area contributed by atoms with Crippen LogP contribution >= 0.6 is 23.6 Å². The molecule has 0 radical (unpaired) electrons. The van der Waals surface area contributed by atoms with E-state index in [1.807, 2.05) is 0 Å². The van der Waals surface area contributed by atoms with Crippen LogP contribution in [0.5, 0.6) is 0 Å². The Kier molecular flexibility index (Phi) is 3.15. The molecular weight excluding hydrogens is 218 g/mol. The van der Waals surface area contributed by atoms with Crippen molar-refractivity contribution in [1.29, 1.82) is 0 Å². The van der Waals surface area contributed by atoms with Crippen molar-refractivity contribution in [2.45, 2.75) is 31.9 Å². The van der Waals surface area contributed by atoms with Gasteiger partial charge in [0.15, 0.2) is 3.95 Å². The van der Waals surface area contributed by atoms with Crippen LogP contribution in [0.25, 0.3) is 0 Å². The number of hydrogen-bond donors (Lipinski definition) is 2. The van der Waals surface area contributed by atoms with Crippen LogP contribution in [-0.4, -0.2) is 29.0 Å². The summed E-state index contributed by atoms with van der Waals surface area (Å²) in [7, 11) is 0. The minimum absolute atomic E-state index is 0.341. The number of rotatable bonds is 2. The summed E-state index contributed by atoms with van der Waals surface area (Å²) >= 11 is 6.44. The van der Waals surface area contributed by atoms with Crippen molar-refractivity contribution < 1.29 is 4.74 Å².